The molecule has 2 aromatic carbocycles. The van der Waals surface area contributed by atoms with Gasteiger partial charge in [-0.1, -0.05) is 0 Å². The van der Waals surface area contributed by atoms with Gasteiger partial charge in [0.1, 0.15) is 5.56 Å². The SMILES string of the molecule is CC(C)S(=O)(=O)n1c(N)nc2ccc(C(=O)c3c(F)c(F)cc(F)c3F)cc21. The normalized spacial score (nSPS) is 12.1. The minimum Gasteiger partial charge on any atom is -0.368 e. The predicted molar refractivity (Wildman–Crippen MR) is 93.3 cm³/mol. The van der Waals surface area contributed by atoms with E-state index in [1.807, 2.05) is 0 Å². The summed E-state index contributed by atoms with van der Waals surface area (Å²) in [5.41, 5.74) is 3.82. The first-order valence-corrected chi connectivity index (χ1v) is 9.37. The average molecular weight is 415 g/mol. The summed E-state index contributed by atoms with van der Waals surface area (Å²) in [7, 11) is -3.98. The van der Waals surface area contributed by atoms with Gasteiger partial charge in [-0.3, -0.25) is 4.79 Å². The highest BCUT2D eigenvalue weighted by atomic mass is 32.2. The summed E-state index contributed by atoms with van der Waals surface area (Å²) in [5, 5.41) is -0.890. The molecule has 6 nitrogen and oxygen atoms in total. The molecule has 0 saturated heterocycles. The summed E-state index contributed by atoms with van der Waals surface area (Å²) in [6.45, 7) is 2.80. The summed E-state index contributed by atoms with van der Waals surface area (Å²) in [6.07, 6.45) is 0. The number of benzene rings is 2. The molecule has 3 rings (SSSR count). The van der Waals surface area contributed by atoms with Crippen LogP contribution in [0.3, 0.4) is 0 Å². The highest BCUT2D eigenvalue weighted by molar-refractivity contribution is 7.90. The van der Waals surface area contributed by atoms with Gasteiger partial charge in [-0.15, -0.1) is 0 Å². The number of nitrogens with two attached hydrogens (primary N) is 1. The monoisotopic (exact) mass is 415 g/mol. The number of fused-ring (bicyclic) bond motifs is 1. The molecule has 0 atom stereocenters. The molecule has 2 N–H and O–H groups in total. The van der Waals surface area contributed by atoms with Gasteiger partial charge < -0.3 is 5.73 Å². The van der Waals surface area contributed by atoms with Crippen molar-refractivity contribution in [1.82, 2.24) is 8.96 Å². The van der Waals surface area contributed by atoms with E-state index in [0.717, 1.165) is 12.1 Å². The van der Waals surface area contributed by atoms with E-state index < -0.39 is 55.5 Å². The summed E-state index contributed by atoms with van der Waals surface area (Å²) < 4.78 is 80.4. The molecule has 3 aromatic rings. The Morgan fingerprint density at radius 2 is 1.64 bits per heavy atom. The van der Waals surface area contributed by atoms with Crippen molar-refractivity contribution in [1.29, 1.82) is 0 Å². The number of nitrogen functional groups attached to an aromatic ring is 1. The Morgan fingerprint density at radius 3 is 2.18 bits per heavy atom. The smallest absolute Gasteiger partial charge is 0.244 e. The molecule has 0 aliphatic heterocycles. The van der Waals surface area contributed by atoms with Crippen molar-refractivity contribution in [3.05, 3.63) is 58.7 Å². The van der Waals surface area contributed by atoms with Crippen molar-refractivity contribution >= 4 is 32.8 Å². The van der Waals surface area contributed by atoms with Crippen LogP contribution in [-0.2, 0) is 10.0 Å². The first-order valence-electron chi connectivity index (χ1n) is 7.86. The molecule has 0 bridgehead atoms. The Bertz CT molecular complexity index is 1210. The Hall–Kier alpha value is -2.95. The highest BCUT2D eigenvalue weighted by Crippen LogP contribution is 2.27. The van der Waals surface area contributed by atoms with E-state index in [0.29, 0.717) is 3.97 Å². The van der Waals surface area contributed by atoms with Crippen LogP contribution < -0.4 is 5.73 Å². The molecule has 0 amide bonds. The molecule has 0 unspecified atom stereocenters. The van der Waals surface area contributed by atoms with E-state index in [-0.39, 0.29) is 23.0 Å². The summed E-state index contributed by atoms with van der Waals surface area (Å²) in [4.78, 5) is 16.4. The van der Waals surface area contributed by atoms with Crippen LogP contribution in [0.25, 0.3) is 11.0 Å². The zero-order chi connectivity index (χ0) is 21.0. The van der Waals surface area contributed by atoms with E-state index in [2.05, 4.69) is 4.98 Å². The third-order valence-electron chi connectivity index (χ3n) is 4.09. The first-order chi connectivity index (χ1) is 13.0. The van der Waals surface area contributed by atoms with Crippen LogP contribution in [0.1, 0.15) is 29.8 Å². The molecule has 28 heavy (non-hydrogen) atoms. The van der Waals surface area contributed by atoms with Crippen molar-refractivity contribution in [3.63, 3.8) is 0 Å². The molecule has 11 heteroatoms. The van der Waals surface area contributed by atoms with Gasteiger partial charge in [0.2, 0.25) is 16.0 Å². The number of carbonyl (C=O) groups excluding carboxylic acids is 1. The van der Waals surface area contributed by atoms with Crippen LogP contribution >= 0.6 is 0 Å². The fraction of sp³-hybridized carbons (Fsp3) is 0.176. The Kier molecular flexibility index (Phi) is 4.66. The van der Waals surface area contributed by atoms with E-state index in [9.17, 15) is 30.8 Å². The molecular weight excluding hydrogens is 402 g/mol. The Labute approximate surface area is 156 Å². The standard InChI is InChI=1S/C17H13F4N3O3S/c1-7(2)28(26,27)24-12-5-8(3-4-11(12)23-17(24)22)16(25)13-14(20)9(18)6-10(19)15(13)21/h3-7H,1-2H3,(H2,22,23). The largest absolute Gasteiger partial charge is 0.368 e. The van der Waals surface area contributed by atoms with Gasteiger partial charge in [-0.05, 0) is 32.0 Å². The second kappa shape index (κ2) is 6.59. The average Bonchev–Trinajstić information content (AvgIpc) is 2.95. The molecule has 1 aromatic heterocycles. The lowest BCUT2D eigenvalue weighted by atomic mass is 10.0. The number of ketones is 1. The van der Waals surface area contributed by atoms with Crippen molar-refractivity contribution in [2.24, 2.45) is 0 Å². The maximum absolute atomic E-state index is 13.9. The lowest BCUT2D eigenvalue weighted by molar-refractivity contribution is 0.102. The van der Waals surface area contributed by atoms with Gasteiger partial charge in [0, 0.05) is 11.6 Å². The van der Waals surface area contributed by atoms with Crippen LogP contribution in [0, 0.1) is 23.3 Å². The molecule has 0 aliphatic rings. The van der Waals surface area contributed by atoms with Gasteiger partial charge in [0.25, 0.3) is 0 Å². The minimum absolute atomic E-state index is 0.0182. The Morgan fingerprint density at radius 1 is 1.07 bits per heavy atom. The molecule has 0 spiro atoms. The number of nitrogens with zero attached hydrogens (tertiary/aromatic N) is 2. The topological polar surface area (TPSA) is 95.1 Å². The van der Waals surface area contributed by atoms with Crippen LogP contribution in [0.15, 0.2) is 24.3 Å². The highest BCUT2D eigenvalue weighted by Gasteiger charge is 2.28. The number of imidazole rings is 1. The van der Waals surface area contributed by atoms with Crippen molar-refractivity contribution < 1.29 is 30.8 Å². The molecule has 1 heterocycles. The maximum Gasteiger partial charge on any atom is 0.244 e. The number of anilines is 1. The first kappa shape index (κ1) is 19.8. The number of halogens is 4. The fourth-order valence-electron chi connectivity index (χ4n) is 2.61. The fourth-order valence-corrected chi connectivity index (χ4v) is 3.75. The van der Waals surface area contributed by atoms with Crippen molar-refractivity contribution in [2.75, 3.05) is 5.73 Å². The predicted octanol–water partition coefficient (Wildman–Crippen LogP) is 2.99. The zero-order valence-corrected chi connectivity index (χ0v) is 15.3. The van der Waals surface area contributed by atoms with Crippen molar-refractivity contribution in [3.8, 4) is 0 Å². The molecule has 0 aliphatic carbocycles. The second-order valence-corrected chi connectivity index (χ2v) is 8.54. The van der Waals surface area contributed by atoms with Gasteiger partial charge in [0.15, 0.2) is 29.1 Å². The number of hydrogen-bond donors (Lipinski definition) is 1. The molecule has 148 valence electrons. The zero-order valence-electron chi connectivity index (χ0n) is 14.5. The molecule has 0 fully saturated rings. The van der Waals surface area contributed by atoms with Crippen LogP contribution in [0.5, 0.6) is 0 Å². The number of carbonyl (C=O) groups is 1. The number of hydrogen-bond acceptors (Lipinski definition) is 5. The van der Waals surface area contributed by atoms with Gasteiger partial charge in [-0.2, -0.15) is 0 Å². The van der Waals surface area contributed by atoms with Crippen LogP contribution in [0.4, 0.5) is 23.5 Å². The van der Waals surface area contributed by atoms with E-state index in [4.69, 9.17) is 5.73 Å². The lowest BCUT2D eigenvalue weighted by Crippen LogP contribution is -2.23. The van der Waals surface area contributed by atoms with E-state index in [1.165, 1.54) is 19.9 Å². The van der Waals surface area contributed by atoms with E-state index in [1.54, 1.807) is 0 Å². The van der Waals surface area contributed by atoms with Crippen molar-refractivity contribution in [2.45, 2.75) is 19.1 Å². The summed E-state index contributed by atoms with van der Waals surface area (Å²) in [6, 6.07) is 3.26. The van der Waals surface area contributed by atoms with Gasteiger partial charge in [0.05, 0.1) is 16.3 Å². The molecule has 0 radical (unpaired) electrons. The van der Waals surface area contributed by atoms with Gasteiger partial charge >= 0.3 is 0 Å². The van der Waals surface area contributed by atoms with Crippen LogP contribution in [-0.4, -0.2) is 28.4 Å². The molecular formula is C17H13F4N3O3S. The Balaban J connectivity index is 2.26. The number of aromatic nitrogens is 2. The maximum atomic E-state index is 13.9. The van der Waals surface area contributed by atoms with E-state index >= 15 is 0 Å². The minimum atomic E-state index is -3.98. The van der Waals surface area contributed by atoms with Gasteiger partial charge in [-0.25, -0.2) is 34.9 Å². The van der Waals surface area contributed by atoms with Crippen LogP contribution in [0.2, 0.25) is 0 Å². The number of rotatable bonds is 4. The molecule has 0 saturated carbocycles. The summed E-state index contributed by atoms with van der Waals surface area (Å²) >= 11 is 0. The summed E-state index contributed by atoms with van der Waals surface area (Å²) in [5.74, 6) is -8.93. The third kappa shape index (κ3) is 2.91. The quantitative estimate of drug-likeness (QED) is 0.402. The third-order valence-corrected chi connectivity index (χ3v) is 6.17. The second-order valence-electron chi connectivity index (χ2n) is 6.20. The lowest BCUT2D eigenvalue weighted by Gasteiger charge is -2.11.